The second-order valence-corrected chi connectivity index (χ2v) is 8.49. The Labute approximate surface area is 146 Å². The number of ketones is 1. The lowest BCUT2D eigenvalue weighted by Crippen LogP contribution is -2.44. The third-order valence-corrected chi connectivity index (χ3v) is 6.07. The molecule has 1 amide bonds. The van der Waals surface area contributed by atoms with Crippen LogP contribution < -0.4 is 0 Å². The fourth-order valence-electron chi connectivity index (χ4n) is 2.92. The summed E-state index contributed by atoms with van der Waals surface area (Å²) in [4.78, 5) is 26.7. The number of carbonyl (C=O) groups is 2. The van der Waals surface area contributed by atoms with E-state index in [2.05, 4.69) is 0 Å². The first-order chi connectivity index (χ1) is 11.9. The van der Waals surface area contributed by atoms with E-state index in [0.717, 1.165) is 5.56 Å². The van der Waals surface area contributed by atoms with Gasteiger partial charge in [0.05, 0.1) is 24.3 Å². The van der Waals surface area contributed by atoms with Crippen LogP contribution in [0.15, 0.2) is 47.1 Å². The minimum atomic E-state index is -3.18. The molecule has 0 N–H and O–H groups in total. The molecule has 0 saturated carbocycles. The van der Waals surface area contributed by atoms with Crippen molar-refractivity contribution in [3.05, 3.63) is 59.5 Å². The van der Waals surface area contributed by atoms with Gasteiger partial charge in [0.2, 0.25) is 5.78 Å². The van der Waals surface area contributed by atoms with E-state index in [4.69, 9.17) is 4.42 Å². The summed E-state index contributed by atoms with van der Waals surface area (Å²) in [5, 5.41) is 0. The topological polar surface area (TPSA) is 84.7 Å². The van der Waals surface area contributed by atoms with Crippen molar-refractivity contribution >= 4 is 21.5 Å². The summed E-state index contributed by atoms with van der Waals surface area (Å²) in [5.41, 5.74) is 1.28. The van der Waals surface area contributed by atoms with Gasteiger partial charge in [-0.3, -0.25) is 9.59 Å². The van der Waals surface area contributed by atoms with Gasteiger partial charge in [-0.1, -0.05) is 29.8 Å². The molecule has 2 aromatic rings. The number of amides is 1. The summed E-state index contributed by atoms with van der Waals surface area (Å²) in [6.07, 6.45) is 1.81. The van der Waals surface area contributed by atoms with Crippen molar-refractivity contribution in [3.63, 3.8) is 0 Å². The molecule has 0 radical (unpaired) electrons. The number of hydrogen-bond donors (Lipinski definition) is 0. The number of nitrogens with zero attached hydrogens (tertiary/aromatic N) is 1. The molecule has 1 aliphatic rings. The van der Waals surface area contributed by atoms with Crippen molar-refractivity contribution in [1.29, 1.82) is 0 Å². The van der Waals surface area contributed by atoms with E-state index in [9.17, 15) is 18.0 Å². The fraction of sp³-hybridized carbons (Fsp3) is 0.333. The van der Waals surface area contributed by atoms with Crippen LogP contribution in [0.5, 0.6) is 0 Å². The van der Waals surface area contributed by atoms with E-state index in [0.29, 0.717) is 17.7 Å². The van der Waals surface area contributed by atoms with Crippen LogP contribution in [0.25, 0.3) is 0 Å². The highest BCUT2D eigenvalue weighted by atomic mass is 32.2. The van der Waals surface area contributed by atoms with Crippen LogP contribution in [0.1, 0.15) is 28.1 Å². The van der Waals surface area contributed by atoms with Crippen molar-refractivity contribution in [2.24, 2.45) is 0 Å². The summed E-state index contributed by atoms with van der Waals surface area (Å²) >= 11 is 0. The quantitative estimate of drug-likeness (QED) is 0.601. The molecule has 1 aliphatic heterocycles. The molecule has 25 heavy (non-hydrogen) atoms. The normalized spacial score (nSPS) is 18.8. The molecule has 1 unspecified atom stereocenters. The zero-order valence-corrected chi connectivity index (χ0v) is 14.7. The van der Waals surface area contributed by atoms with Crippen molar-refractivity contribution in [1.82, 2.24) is 4.90 Å². The summed E-state index contributed by atoms with van der Waals surface area (Å²) in [6.45, 7) is 1.96. The largest absolute Gasteiger partial charge is 0.467 e. The van der Waals surface area contributed by atoms with Crippen LogP contribution >= 0.6 is 0 Å². The third-order valence-electron chi connectivity index (χ3n) is 4.32. The average Bonchev–Trinajstić information content (AvgIpc) is 3.21. The van der Waals surface area contributed by atoms with Crippen molar-refractivity contribution in [3.8, 4) is 0 Å². The standard InChI is InChI=1S/C18H19NO5S/c1-13-4-6-14(7-5-13)17(20)18(21)19(11-16-3-2-9-24-16)15-8-10-25(22,23)12-15/h2-7,9,15H,8,10-12H2,1H3. The Morgan fingerprint density at radius 2 is 1.92 bits per heavy atom. The van der Waals surface area contributed by atoms with Gasteiger partial charge in [0.15, 0.2) is 9.84 Å². The lowest BCUT2D eigenvalue weighted by atomic mass is 10.1. The number of benzene rings is 1. The van der Waals surface area contributed by atoms with Crippen molar-refractivity contribution < 1.29 is 22.4 Å². The summed E-state index contributed by atoms with van der Waals surface area (Å²) in [7, 11) is -3.18. The molecule has 1 aromatic heterocycles. The smallest absolute Gasteiger partial charge is 0.295 e. The predicted octanol–water partition coefficient (Wildman–Crippen LogP) is 1.99. The molecule has 1 fully saturated rings. The second-order valence-electron chi connectivity index (χ2n) is 6.26. The van der Waals surface area contributed by atoms with Crippen LogP contribution in [-0.4, -0.2) is 42.6 Å². The van der Waals surface area contributed by atoms with Gasteiger partial charge in [0, 0.05) is 11.6 Å². The van der Waals surface area contributed by atoms with E-state index in [1.807, 2.05) is 6.92 Å². The molecule has 132 valence electrons. The van der Waals surface area contributed by atoms with Crippen LogP contribution in [0, 0.1) is 6.92 Å². The molecule has 1 atom stereocenters. The molecule has 7 heteroatoms. The van der Waals surface area contributed by atoms with Crippen LogP contribution in [0.2, 0.25) is 0 Å². The van der Waals surface area contributed by atoms with Crippen LogP contribution in [-0.2, 0) is 21.2 Å². The zero-order chi connectivity index (χ0) is 18.0. The lowest BCUT2D eigenvalue weighted by Gasteiger charge is -2.26. The predicted molar refractivity (Wildman–Crippen MR) is 91.8 cm³/mol. The lowest BCUT2D eigenvalue weighted by molar-refractivity contribution is -0.129. The van der Waals surface area contributed by atoms with Crippen LogP contribution in [0.4, 0.5) is 0 Å². The Morgan fingerprint density at radius 1 is 1.20 bits per heavy atom. The molecular formula is C18H19NO5S. The second kappa shape index (κ2) is 6.84. The first kappa shape index (κ1) is 17.4. The minimum Gasteiger partial charge on any atom is -0.467 e. The number of carbonyl (C=O) groups excluding carboxylic acids is 2. The highest BCUT2D eigenvalue weighted by Crippen LogP contribution is 2.21. The van der Waals surface area contributed by atoms with Crippen LogP contribution in [0.3, 0.4) is 0 Å². The first-order valence-electron chi connectivity index (χ1n) is 8.00. The van der Waals surface area contributed by atoms with Crippen molar-refractivity contribution in [2.75, 3.05) is 11.5 Å². The number of rotatable bonds is 5. The number of furan rings is 1. The van der Waals surface area contributed by atoms with E-state index >= 15 is 0 Å². The molecule has 1 saturated heterocycles. The highest BCUT2D eigenvalue weighted by Gasteiger charge is 2.37. The summed E-state index contributed by atoms with van der Waals surface area (Å²) in [6, 6.07) is 9.59. The number of sulfone groups is 1. The molecular weight excluding hydrogens is 342 g/mol. The maximum atomic E-state index is 12.8. The molecule has 0 spiro atoms. The Kier molecular flexibility index (Phi) is 4.76. The Bertz CT molecular complexity index is 869. The summed E-state index contributed by atoms with van der Waals surface area (Å²) in [5.74, 6) is -0.938. The fourth-order valence-corrected chi connectivity index (χ4v) is 4.65. The van der Waals surface area contributed by atoms with E-state index < -0.39 is 27.6 Å². The van der Waals surface area contributed by atoms with Gasteiger partial charge < -0.3 is 9.32 Å². The maximum Gasteiger partial charge on any atom is 0.295 e. The zero-order valence-electron chi connectivity index (χ0n) is 13.8. The van der Waals surface area contributed by atoms with Gasteiger partial charge >= 0.3 is 0 Å². The number of Topliss-reactive ketones (excluding diaryl/α,β-unsaturated/α-hetero) is 1. The SMILES string of the molecule is Cc1ccc(C(=O)C(=O)N(Cc2ccco2)C2CCS(=O)(=O)C2)cc1. The molecule has 2 heterocycles. The molecule has 1 aromatic carbocycles. The summed E-state index contributed by atoms with van der Waals surface area (Å²) < 4.78 is 28.9. The third kappa shape index (κ3) is 3.99. The van der Waals surface area contributed by atoms with E-state index in [1.54, 1.807) is 36.4 Å². The first-order valence-corrected chi connectivity index (χ1v) is 9.82. The van der Waals surface area contributed by atoms with E-state index in [-0.39, 0.29) is 18.1 Å². The monoisotopic (exact) mass is 361 g/mol. The molecule has 3 rings (SSSR count). The van der Waals surface area contributed by atoms with Gasteiger partial charge in [-0.05, 0) is 25.5 Å². The van der Waals surface area contributed by atoms with Gasteiger partial charge in [0.1, 0.15) is 5.76 Å². The molecule has 0 aliphatic carbocycles. The highest BCUT2D eigenvalue weighted by molar-refractivity contribution is 7.91. The Balaban J connectivity index is 1.86. The molecule has 6 nitrogen and oxygen atoms in total. The minimum absolute atomic E-state index is 0.0261. The number of aryl methyl sites for hydroxylation is 1. The number of hydrogen-bond acceptors (Lipinski definition) is 5. The Morgan fingerprint density at radius 3 is 2.48 bits per heavy atom. The van der Waals surface area contributed by atoms with Crippen molar-refractivity contribution in [2.45, 2.75) is 25.9 Å². The van der Waals surface area contributed by atoms with Gasteiger partial charge in [-0.25, -0.2) is 8.42 Å². The average molecular weight is 361 g/mol. The van der Waals surface area contributed by atoms with Gasteiger partial charge in [0.25, 0.3) is 5.91 Å². The van der Waals surface area contributed by atoms with E-state index in [1.165, 1.54) is 11.2 Å². The molecule has 0 bridgehead atoms. The Hall–Kier alpha value is -2.41. The maximum absolute atomic E-state index is 12.8. The van der Waals surface area contributed by atoms with Gasteiger partial charge in [-0.2, -0.15) is 0 Å². The van der Waals surface area contributed by atoms with Gasteiger partial charge in [-0.15, -0.1) is 0 Å².